The lowest BCUT2D eigenvalue weighted by Crippen LogP contribution is -2.35. The van der Waals surface area contributed by atoms with E-state index < -0.39 is 10.0 Å². The van der Waals surface area contributed by atoms with Crippen molar-refractivity contribution in [3.8, 4) is 0 Å². The first kappa shape index (κ1) is 16.4. The monoisotopic (exact) mass is 291 g/mol. The van der Waals surface area contributed by atoms with E-state index >= 15 is 0 Å². The lowest BCUT2D eigenvalue weighted by atomic mass is 10.1. The SMILES string of the molecule is CCN1CC[C@H](CN(C)C(=O)CCNS(C)(=O)=O)C1. The second-order valence-corrected chi connectivity index (χ2v) is 7.07. The van der Waals surface area contributed by atoms with E-state index in [0.29, 0.717) is 5.92 Å². The molecule has 0 spiro atoms. The molecule has 0 aliphatic carbocycles. The summed E-state index contributed by atoms with van der Waals surface area (Å²) in [6.45, 7) is 6.30. The van der Waals surface area contributed by atoms with E-state index in [1.165, 1.54) is 0 Å². The van der Waals surface area contributed by atoms with Gasteiger partial charge in [0.15, 0.2) is 0 Å². The summed E-state index contributed by atoms with van der Waals surface area (Å²) in [5.41, 5.74) is 0. The summed E-state index contributed by atoms with van der Waals surface area (Å²) in [5.74, 6) is 0.530. The summed E-state index contributed by atoms with van der Waals surface area (Å²) in [6, 6.07) is 0. The average molecular weight is 291 g/mol. The van der Waals surface area contributed by atoms with Crippen molar-refractivity contribution in [1.82, 2.24) is 14.5 Å². The number of sulfonamides is 1. The molecule has 1 heterocycles. The van der Waals surface area contributed by atoms with E-state index in [0.717, 1.165) is 38.9 Å². The van der Waals surface area contributed by atoms with E-state index in [1.54, 1.807) is 11.9 Å². The molecule has 1 fully saturated rings. The quantitative estimate of drug-likeness (QED) is 0.701. The fraction of sp³-hybridized carbons (Fsp3) is 0.917. The molecule has 0 aromatic rings. The number of nitrogens with one attached hydrogen (secondary N) is 1. The van der Waals surface area contributed by atoms with Gasteiger partial charge in [-0.25, -0.2) is 13.1 Å². The summed E-state index contributed by atoms with van der Waals surface area (Å²) in [4.78, 5) is 15.9. The van der Waals surface area contributed by atoms with Crippen molar-refractivity contribution in [3.05, 3.63) is 0 Å². The van der Waals surface area contributed by atoms with Gasteiger partial charge in [0.05, 0.1) is 6.26 Å². The zero-order valence-corrected chi connectivity index (χ0v) is 12.9. The third-order valence-corrected chi connectivity index (χ3v) is 4.21. The van der Waals surface area contributed by atoms with Crippen LogP contribution >= 0.6 is 0 Å². The van der Waals surface area contributed by atoms with E-state index in [9.17, 15) is 13.2 Å². The van der Waals surface area contributed by atoms with Gasteiger partial charge in [-0.1, -0.05) is 6.92 Å². The number of nitrogens with zero attached hydrogens (tertiary/aromatic N) is 2. The minimum atomic E-state index is -3.21. The lowest BCUT2D eigenvalue weighted by molar-refractivity contribution is -0.130. The van der Waals surface area contributed by atoms with Crippen LogP contribution in [0, 0.1) is 5.92 Å². The Morgan fingerprint density at radius 2 is 2.16 bits per heavy atom. The first-order valence-electron chi connectivity index (χ1n) is 6.72. The average Bonchev–Trinajstić information content (AvgIpc) is 2.74. The molecule has 112 valence electrons. The first-order chi connectivity index (χ1) is 8.81. The molecule has 1 aliphatic heterocycles. The van der Waals surface area contributed by atoms with Crippen LogP contribution in [-0.2, 0) is 14.8 Å². The molecule has 1 amide bonds. The molecule has 0 aromatic carbocycles. The fourth-order valence-electron chi connectivity index (χ4n) is 2.37. The zero-order chi connectivity index (χ0) is 14.5. The zero-order valence-electron chi connectivity index (χ0n) is 12.1. The van der Waals surface area contributed by atoms with E-state index in [2.05, 4.69) is 16.5 Å². The molecule has 0 radical (unpaired) electrons. The molecule has 0 unspecified atom stereocenters. The summed E-state index contributed by atoms with van der Waals surface area (Å²) >= 11 is 0. The maximum atomic E-state index is 11.8. The highest BCUT2D eigenvalue weighted by molar-refractivity contribution is 7.88. The van der Waals surface area contributed by atoms with Gasteiger partial charge in [0.25, 0.3) is 0 Å². The molecule has 0 saturated carbocycles. The second-order valence-electron chi connectivity index (χ2n) is 5.24. The van der Waals surface area contributed by atoms with Crippen LogP contribution in [0.1, 0.15) is 19.8 Å². The molecular weight excluding hydrogens is 266 g/mol. The molecule has 1 N–H and O–H groups in total. The van der Waals surface area contributed by atoms with Crippen LogP contribution in [0.15, 0.2) is 0 Å². The smallest absolute Gasteiger partial charge is 0.223 e. The van der Waals surface area contributed by atoms with Crippen LogP contribution in [0.4, 0.5) is 0 Å². The summed E-state index contributed by atoms with van der Waals surface area (Å²) in [5, 5.41) is 0. The van der Waals surface area contributed by atoms with Gasteiger partial charge in [0.1, 0.15) is 0 Å². The molecule has 0 aromatic heterocycles. The van der Waals surface area contributed by atoms with Crippen molar-refractivity contribution < 1.29 is 13.2 Å². The molecule has 1 saturated heterocycles. The van der Waals surface area contributed by atoms with Crippen molar-refractivity contribution in [3.63, 3.8) is 0 Å². The van der Waals surface area contributed by atoms with E-state index in [-0.39, 0.29) is 18.9 Å². The number of rotatable bonds is 7. The van der Waals surface area contributed by atoms with Crippen LogP contribution in [0.2, 0.25) is 0 Å². The van der Waals surface area contributed by atoms with E-state index in [4.69, 9.17) is 0 Å². The van der Waals surface area contributed by atoms with Gasteiger partial charge in [-0.2, -0.15) is 0 Å². The molecule has 1 aliphatic rings. The van der Waals surface area contributed by atoms with Crippen LogP contribution in [-0.4, -0.2) is 70.2 Å². The Morgan fingerprint density at radius 3 is 2.68 bits per heavy atom. The van der Waals surface area contributed by atoms with Crippen molar-refractivity contribution in [2.75, 3.05) is 46.0 Å². The minimum absolute atomic E-state index is 0.00824. The normalized spacial score (nSPS) is 20.7. The first-order valence-corrected chi connectivity index (χ1v) is 8.62. The lowest BCUT2D eigenvalue weighted by Gasteiger charge is -2.21. The fourth-order valence-corrected chi connectivity index (χ4v) is 2.85. The van der Waals surface area contributed by atoms with Gasteiger partial charge in [0.2, 0.25) is 15.9 Å². The Bertz CT molecular complexity index is 397. The van der Waals surface area contributed by atoms with Crippen molar-refractivity contribution in [2.24, 2.45) is 5.92 Å². The van der Waals surface area contributed by atoms with Crippen LogP contribution in [0.25, 0.3) is 0 Å². The van der Waals surface area contributed by atoms with Crippen LogP contribution in [0.5, 0.6) is 0 Å². The molecule has 6 nitrogen and oxygen atoms in total. The molecular formula is C12H25N3O3S. The van der Waals surface area contributed by atoms with Gasteiger partial charge in [-0.3, -0.25) is 4.79 Å². The third-order valence-electron chi connectivity index (χ3n) is 3.48. The number of carbonyl (C=O) groups is 1. The molecule has 0 bridgehead atoms. The Labute approximate surface area is 116 Å². The standard InChI is InChI=1S/C12H25N3O3S/c1-4-15-8-6-11(10-15)9-14(2)12(16)5-7-13-19(3,17)18/h11,13H,4-10H2,1-3H3/t11-/m1/s1. The number of hydrogen-bond acceptors (Lipinski definition) is 4. The third kappa shape index (κ3) is 6.35. The Kier molecular flexibility index (Phi) is 6.22. The molecule has 19 heavy (non-hydrogen) atoms. The van der Waals surface area contributed by atoms with Gasteiger partial charge in [-0.05, 0) is 25.4 Å². The van der Waals surface area contributed by atoms with Gasteiger partial charge in [0, 0.05) is 33.1 Å². The molecule has 7 heteroatoms. The number of carbonyl (C=O) groups excluding carboxylic acids is 1. The van der Waals surface area contributed by atoms with Gasteiger partial charge < -0.3 is 9.80 Å². The number of hydrogen-bond donors (Lipinski definition) is 1. The highest BCUT2D eigenvalue weighted by atomic mass is 32.2. The summed E-state index contributed by atoms with van der Waals surface area (Å²) in [7, 11) is -1.42. The minimum Gasteiger partial charge on any atom is -0.345 e. The largest absolute Gasteiger partial charge is 0.345 e. The van der Waals surface area contributed by atoms with Gasteiger partial charge >= 0.3 is 0 Å². The van der Waals surface area contributed by atoms with Crippen molar-refractivity contribution >= 4 is 15.9 Å². The topological polar surface area (TPSA) is 69.7 Å². The summed E-state index contributed by atoms with van der Waals surface area (Å²) < 4.78 is 24.1. The Morgan fingerprint density at radius 1 is 1.47 bits per heavy atom. The summed E-state index contributed by atoms with van der Waals surface area (Å²) in [6.07, 6.45) is 2.44. The predicted octanol–water partition coefficient (Wildman–Crippen LogP) is -0.274. The highest BCUT2D eigenvalue weighted by Gasteiger charge is 2.23. The predicted molar refractivity (Wildman–Crippen MR) is 75.3 cm³/mol. The van der Waals surface area contributed by atoms with Crippen LogP contribution in [0.3, 0.4) is 0 Å². The second kappa shape index (κ2) is 7.21. The van der Waals surface area contributed by atoms with E-state index in [1.807, 2.05) is 0 Å². The number of likely N-dealkylation sites (tertiary alicyclic amines) is 1. The van der Waals surface area contributed by atoms with Crippen molar-refractivity contribution in [2.45, 2.75) is 19.8 Å². The maximum absolute atomic E-state index is 11.8. The Hall–Kier alpha value is -0.660. The highest BCUT2D eigenvalue weighted by Crippen LogP contribution is 2.16. The van der Waals surface area contributed by atoms with Gasteiger partial charge in [-0.15, -0.1) is 0 Å². The molecule has 1 atom stereocenters. The van der Waals surface area contributed by atoms with Crippen LogP contribution < -0.4 is 4.72 Å². The number of amides is 1. The van der Waals surface area contributed by atoms with Crippen molar-refractivity contribution in [1.29, 1.82) is 0 Å². The molecule has 1 rings (SSSR count). The Balaban J connectivity index is 2.25. The maximum Gasteiger partial charge on any atom is 0.223 e.